The Morgan fingerprint density at radius 2 is 1.84 bits per heavy atom. The van der Waals surface area contributed by atoms with E-state index in [2.05, 4.69) is 10.1 Å². The minimum Gasteiger partial charge on any atom is -0.423 e. The standard InChI is InChI=1S/C21H17F3N4O3/c1-13-17(12-26-28(13)18-9-4-14(11-25-18)21(22,23)24)20(30)31-16-7-5-15(6-8-16)27-10-2-3-19(27)29/h4-9,11-12H,2-3,10H2,1H3. The van der Waals surface area contributed by atoms with Gasteiger partial charge in [0.2, 0.25) is 5.91 Å². The Hall–Kier alpha value is -3.69. The number of pyridine rings is 1. The number of hydrogen-bond donors (Lipinski definition) is 0. The number of aromatic nitrogens is 3. The maximum atomic E-state index is 12.7. The first kappa shape index (κ1) is 20.6. The van der Waals surface area contributed by atoms with Gasteiger partial charge in [-0.3, -0.25) is 4.79 Å². The first-order valence-electron chi connectivity index (χ1n) is 9.45. The summed E-state index contributed by atoms with van der Waals surface area (Å²) in [7, 11) is 0. The third kappa shape index (κ3) is 4.14. The molecule has 2 aromatic heterocycles. The van der Waals surface area contributed by atoms with Crippen LogP contribution in [0.2, 0.25) is 0 Å². The van der Waals surface area contributed by atoms with Crippen molar-refractivity contribution in [3.05, 3.63) is 65.6 Å². The summed E-state index contributed by atoms with van der Waals surface area (Å²) in [4.78, 5) is 29.8. The molecular formula is C21H17F3N4O3. The Morgan fingerprint density at radius 1 is 1.10 bits per heavy atom. The smallest absolute Gasteiger partial charge is 0.417 e. The lowest BCUT2D eigenvalue weighted by atomic mass is 10.2. The van der Waals surface area contributed by atoms with Crippen LogP contribution in [0.25, 0.3) is 5.82 Å². The van der Waals surface area contributed by atoms with E-state index in [1.54, 1.807) is 36.1 Å². The SMILES string of the molecule is Cc1c(C(=O)Oc2ccc(N3CCCC3=O)cc2)cnn1-c1ccc(C(F)(F)F)cn1. The van der Waals surface area contributed by atoms with Crippen molar-refractivity contribution in [1.82, 2.24) is 14.8 Å². The second-order valence-corrected chi connectivity index (χ2v) is 6.99. The molecule has 1 aliphatic heterocycles. The summed E-state index contributed by atoms with van der Waals surface area (Å²) in [6.07, 6.45) is -1.17. The number of rotatable bonds is 4. The Balaban J connectivity index is 1.48. The monoisotopic (exact) mass is 430 g/mol. The quantitative estimate of drug-likeness (QED) is 0.463. The van der Waals surface area contributed by atoms with Crippen LogP contribution in [0.5, 0.6) is 5.75 Å². The van der Waals surface area contributed by atoms with Gasteiger partial charge in [0.1, 0.15) is 11.3 Å². The lowest BCUT2D eigenvalue weighted by Gasteiger charge is -2.15. The van der Waals surface area contributed by atoms with E-state index in [1.165, 1.54) is 16.9 Å². The van der Waals surface area contributed by atoms with Crippen LogP contribution in [0, 0.1) is 6.92 Å². The highest BCUT2D eigenvalue weighted by atomic mass is 19.4. The molecule has 4 rings (SSSR count). The molecule has 1 aliphatic rings. The Labute approximate surface area is 175 Å². The zero-order chi connectivity index (χ0) is 22.2. The largest absolute Gasteiger partial charge is 0.423 e. The number of anilines is 1. The third-order valence-corrected chi connectivity index (χ3v) is 4.95. The highest BCUT2D eigenvalue weighted by Crippen LogP contribution is 2.29. The van der Waals surface area contributed by atoms with Crippen LogP contribution in [0.4, 0.5) is 18.9 Å². The molecule has 31 heavy (non-hydrogen) atoms. The summed E-state index contributed by atoms with van der Waals surface area (Å²) in [6.45, 7) is 2.25. The Kier molecular flexibility index (Phi) is 5.22. The summed E-state index contributed by atoms with van der Waals surface area (Å²) in [5.41, 5.74) is 0.386. The summed E-state index contributed by atoms with van der Waals surface area (Å²) in [5, 5.41) is 4.04. The van der Waals surface area contributed by atoms with Crippen molar-refractivity contribution in [2.24, 2.45) is 0 Å². The molecule has 0 atom stereocenters. The number of amides is 1. The molecule has 10 heteroatoms. The maximum Gasteiger partial charge on any atom is 0.417 e. The molecule has 7 nitrogen and oxygen atoms in total. The van der Waals surface area contributed by atoms with Crippen LogP contribution in [-0.2, 0) is 11.0 Å². The molecule has 0 aliphatic carbocycles. The molecule has 1 aromatic carbocycles. The van der Waals surface area contributed by atoms with Crippen LogP contribution in [0.15, 0.2) is 48.8 Å². The molecule has 1 fully saturated rings. The Bertz CT molecular complexity index is 1120. The van der Waals surface area contributed by atoms with Crippen LogP contribution in [-0.4, -0.2) is 33.2 Å². The number of alkyl halides is 3. The first-order chi connectivity index (χ1) is 14.7. The third-order valence-electron chi connectivity index (χ3n) is 4.95. The molecule has 3 aromatic rings. The first-order valence-corrected chi connectivity index (χ1v) is 9.45. The van der Waals surface area contributed by atoms with Gasteiger partial charge in [0, 0.05) is 24.8 Å². The van der Waals surface area contributed by atoms with E-state index >= 15 is 0 Å². The number of carbonyl (C=O) groups excluding carboxylic acids is 2. The Morgan fingerprint density at radius 3 is 2.42 bits per heavy atom. The molecule has 1 amide bonds. The van der Waals surface area contributed by atoms with Crippen molar-refractivity contribution in [2.45, 2.75) is 25.9 Å². The predicted molar refractivity (Wildman–Crippen MR) is 104 cm³/mol. The average Bonchev–Trinajstić information content (AvgIpc) is 3.33. The zero-order valence-corrected chi connectivity index (χ0v) is 16.4. The second kappa shape index (κ2) is 7.86. The van der Waals surface area contributed by atoms with Gasteiger partial charge < -0.3 is 9.64 Å². The number of benzene rings is 1. The fourth-order valence-corrected chi connectivity index (χ4v) is 3.30. The van der Waals surface area contributed by atoms with Crippen LogP contribution < -0.4 is 9.64 Å². The van der Waals surface area contributed by atoms with Crippen molar-refractivity contribution in [2.75, 3.05) is 11.4 Å². The lowest BCUT2D eigenvalue weighted by Crippen LogP contribution is -2.23. The highest BCUT2D eigenvalue weighted by Gasteiger charge is 2.31. The summed E-state index contributed by atoms with van der Waals surface area (Å²) in [6, 6.07) is 8.67. The number of carbonyl (C=O) groups is 2. The molecule has 0 radical (unpaired) electrons. The van der Waals surface area contributed by atoms with Gasteiger partial charge in [0.15, 0.2) is 5.82 Å². The molecule has 160 valence electrons. The topological polar surface area (TPSA) is 77.3 Å². The zero-order valence-electron chi connectivity index (χ0n) is 16.4. The van der Waals surface area contributed by atoms with E-state index in [0.29, 0.717) is 30.6 Å². The second-order valence-electron chi connectivity index (χ2n) is 6.99. The number of ether oxygens (including phenoxy) is 1. The normalized spacial score (nSPS) is 14.2. The molecule has 0 saturated carbocycles. The van der Waals surface area contributed by atoms with Crippen molar-refractivity contribution in [3.63, 3.8) is 0 Å². The van der Waals surface area contributed by atoms with E-state index in [-0.39, 0.29) is 17.3 Å². The molecule has 0 spiro atoms. The van der Waals surface area contributed by atoms with Gasteiger partial charge in [0.25, 0.3) is 0 Å². The maximum absolute atomic E-state index is 12.7. The van der Waals surface area contributed by atoms with Gasteiger partial charge in [-0.1, -0.05) is 0 Å². The lowest BCUT2D eigenvalue weighted by molar-refractivity contribution is -0.137. The summed E-state index contributed by atoms with van der Waals surface area (Å²) >= 11 is 0. The van der Waals surface area contributed by atoms with E-state index in [4.69, 9.17) is 4.74 Å². The fraction of sp³-hybridized carbons (Fsp3) is 0.238. The predicted octanol–water partition coefficient (Wildman–Crippen LogP) is 3.94. The minimum atomic E-state index is -4.49. The molecule has 1 saturated heterocycles. The number of halogens is 3. The van der Waals surface area contributed by atoms with Gasteiger partial charge in [-0.15, -0.1) is 0 Å². The van der Waals surface area contributed by atoms with Crippen molar-refractivity contribution in [1.29, 1.82) is 0 Å². The number of hydrogen-bond acceptors (Lipinski definition) is 5. The highest BCUT2D eigenvalue weighted by molar-refractivity contribution is 5.95. The number of esters is 1. The molecule has 0 unspecified atom stereocenters. The van der Waals surface area contributed by atoms with Crippen molar-refractivity contribution in [3.8, 4) is 11.6 Å². The summed E-state index contributed by atoms with van der Waals surface area (Å²) in [5.74, 6) is -0.172. The van der Waals surface area contributed by atoms with Crippen LogP contribution in [0.1, 0.15) is 34.5 Å². The molecular weight excluding hydrogens is 413 g/mol. The van der Waals surface area contributed by atoms with E-state index in [1.807, 2.05) is 0 Å². The summed E-state index contributed by atoms with van der Waals surface area (Å²) < 4.78 is 44.8. The van der Waals surface area contributed by atoms with Crippen LogP contribution in [0.3, 0.4) is 0 Å². The van der Waals surface area contributed by atoms with E-state index < -0.39 is 17.7 Å². The van der Waals surface area contributed by atoms with Crippen molar-refractivity contribution >= 4 is 17.6 Å². The van der Waals surface area contributed by atoms with E-state index in [0.717, 1.165) is 18.2 Å². The average molecular weight is 430 g/mol. The van der Waals surface area contributed by atoms with Gasteiger partial charge in [0.05, 0.1) is 17.5 Å². The van der Waals surface area contributed by atoms with Crippen LogP contribution >= 0.6 is 0 Å². The van der Waals surface area contributed by atoms with Crippen molar-refractivity contribution < 1.29 is 27.5 Å². The van der Waals surface area contributed by atoms with Gasteiger partial charge in [-0.25, -0.2) is 14.5 Å². The number of nitrogens with zero attached hydrogens (tertiary/aromatic N) is 4. The molecule has 0 N–H and O–H groups in total. The van der Waals surface area contributed by atoms with Gasteiger partial charge >= 0.3 is 12.1 Å². The molecule has 0 bridgehead atoms. The van der Waals surface area contributed by atoms with Gasteiger partial charge in [-0.05, 0) is 49.7 Å². The minimum absolute atomic E-state index is 0.0599. The van der Waals surface area contributed by atoms with E-state index in [9.17, 15) is 22.8 Å². The fourth-order valence-electron chi connectivity index (χ4n) is 3.30. The molecule has 3 heterocycles. The van der Waals surface area contributed by atoms with Gasteiger partial charge in [-0.2, -0.15) is 18.3 Å².